The second kappa shape index (κ2) is 8.48. The topological polar surface area (TPSA) is 58.6 Å². The van der Waals surface area contributed by atoms with Crippen LogP contribution in [0.2, 0.25) is 0 Å². The summed E-state index contributed by atoms with van der Waals surface area (Å²) in [6.45, 7) is 3.07. The average molecular weight is 314 g/mol. The van der Waals surface area contributed by atoms with Crippen LogP contribution in [-0.2, 0) is 14.8 Å². The van der Waals surface area contributed by atoms with Gasteiger partial charge in [-0.3, -0.25) is 0 Å². The number of nitrogens with one attached hydrogen (secondary N) is 1. The number of sulfonamides is 1. The lowest BCUT2D eigenvalue weighted by Crippen LogP contribution is -2.28. The molecule has 0 radical (unpaired) electrons. The van der Waals surface area contributed by atoms with Gasteiger partial charge in [0.2, 0.25) is 10.0 Å². The van der Waals surface area contributed by atoms with E-state index in [1.807, 2.05) is 13.1 Å². The minimum absolute atomic E-state index is 0.166. The Labute approximate surface area is 128 Å². The Morgan fingerprint density at radius 1 is 1.38 bits per heavy atom. The van der Waals surface area contributed by atoms with Gasteiger partial charge in [-0.25, -0.2) is 12.7 Å². The predicted molar refractivity (Wildman–Crippen MR) is 84.8 cm³/mol. The first-order valence-electron chi connectivity index (χ1n) is 7.19. The van der Waals surface area contributed by atoms with E-state index in [4.69, 9.17) is 4.74 Å². The first-order valence-corrected chi connectivity index (χ1v) is 8.63. The average Bonchev–Trinajstić information content (AvgIpc) is 2.49. The Morgan fingerprint density at radius 2 is 2.10 bits per heavy atom. The molecule has 120 valence electrons. The maximum Gasteiger partial charge on any atom is 0.242 e. The minimum Gasteiger partial charge on any atom is -0.385 e. The molecule has 0 aliphatic heterocycles. The van der Waals surface area contributed by atoms with Crippen molar-refractivity contribution in [2.75, 3.05) is 34.4 Å². The normalized spacial score (nSPS) is 13.6. The van der Waals surface area contributed by atoms with Crippen LogP contribution in [0.15, 0.2) is 29.2 Å². The zero-order valence-corrected chi connectivity index (χ0v) is 14.1. The van der Waals surface area contributed by atoms with E-state index in [2.05, 4.69) is 12.2 Å². The summed E-state index contributed by atoms with van der Waals surface area (Å²) in [4.78, 5) is 0.341. The van der Waals surface area contributed by atoms with E-state index in [1.54, 1.807) is 32.4 Å². The zero-order chi connectivity index (χ0) is 15.9. The zero-order valence-electron chi connectivity index (χ0n) is 13.3. The molecule has 0 saturated heterocycles. The van der Waals surface area contributed by atoms with E-state index >= 15 is 0 Å². The number of hydrogen-bond donors (Lipinski definition) is 1. The lowest BCUT2D eigenvalue weighted by molar-refractivity contribution is 0.189. The SMILES string of the molecule is CCC(NC)c1cccc(S(=O)(=O)N(C)CCCOC)c1. The van der Waals surface area contributed by atoms with Crippen molar-refractivity contribution in [1.29, 1.82) is 0 Å². The van der Waals surface area contributed by atoms with Gasteiger partial charge >= 0.3 is 0 Å². The molecular formula is C15H26N2O3S. The van der Waals surface area contributed by atoms with Crippen molar-refractivity contribution in [1.82, 2.24) is 9.62 Å². The second-order valence-electron chi connectivity index (χ2n) is 4.99. The molecule has 1 rings (SSSR count). The van der Waals surface area contributed by atoms with Crippen LogP contribution in [0.5, 0.6) is 0 Å². The van der Waals surface area contributed by atoms with Crippen molar-refractivity contribution in [3.05, 3.63) is 29.8 Å². The number of ether oxygens (including phenoxy) is 1. The van der Waals surface area contributed by atoms with E-state index in [1.165, 1.54) is 4.31 Å². The summed E-state index contributed by atoms with van der Waals surface area (Å²) in [6, 6.07) is 7.32. The first kappa shape index (κ1) is 18.1. The van der Waals surface area contributed by atoms with Crippen LogP contribution < -0.4 is 5.32 Å². The Morgan fingerprint density at radius 3 is 2.67 bits per heavy atom. The number of rotatable bonds is 9. The van der Waals surface area contributed by atoms with Gasteiger partial charge in [0.05, 0.1) is 4.90 Å². The molecule has 0 spiro atoms. The summed E-state index contributed by atoms with van der Waals surface area (Å²) in [5.74, 6) is 0. The Bertz CT molecular complexity index is 527. The first-order chi connectivity index (χ1) is 9.97. The summed E-state index contributed by atoms with van der Waals surface area (Å²) in [7, 11) is 1.66. The van der Waals surface area contributed by atoms with Crippen molar-refractivity contribution < 1.29 is 13.2 Å². The molecule has 0 fully saturated rings. The number of methoxy groups -OCH3 is 1. The maximum absolute atomic E-state index is 12.5. The Kier molecular flexibility index (Phi) is 7.31. The summed E-state index contributed by atoms with van der Waals surface area (Å²) in [6.07, 6.45) is 1.59. The van der Waals surface area contributed by atoms with Crippen molar-refractivity contribution in [2.45, 2.75) is 30.7 Å². The number of benzene rings is 1. The summed E-state index contributed by atoms with van der Waals surface area (Å²) in [5, 5.41) is 3.19. The van der Waals surface area contributed by atoms with Crippen molar-refractivity contribution >= 4 is 10.0 Å². The van der Waals surface area contributed by atoms with Gasteiger partial charge in [0.25, 0.3) is 0 Å². The van der Waals surface area contributed by atoms with Crippen LogP contribution in [0.4, 0.5) is 0 Å². The van der Waals surface area contributed by atoms with Crippen LogP contribution in [-0.4, -0.2) is 47.1 Å². The fraction of sp³-hybridized carbons (Fsp3) is 0.600. The van der Waals surface area contributed by atoms with E-state index in [-0.39, 0.29) is 6.04 Å². The Hall–Kier alpha value is -0.950. The van der Waals surface area contributed by atoms with Gasteiger partial charge in [-0.2, -0.15) is 0 Å². The largest absolute Gasteiger partial charge is 0.385 e. The molecule has 1 N–H and O–H groups in total. The van der Waals surface area contributed by atoms with Gasteiger partial charge < -0.3 is 10.1 Å². The van der Waals surface area contributed by atoms with Gasteiger partial charge in [0.1, 0.15) is 0 Å². The van der Waals surface area contributed by atoms with Crippen LogP contribution in [0.25, 0.3) is 0 Å². The molecule has 1 aromatic carbocycles. The molecule has 0 aliphatic rings. The molecule has 0 aliphatic carbocycles. The van der Waals surface area contributed by atoms with Gasteiger partial charge in [0.15, 0.2) is 0 Å². The van der Waals surface area contributed by atoms with Crippen LogP contribution >= 0.6 is 0 Å². The highest BCUT2D eigenvalue weighted by Gasteiger charge is 2.21. The van der Waals surface area contributed by atoms with Gasteiger partial charge in [0, 0.05) is 33.4 Å². The lowest BCUT2D eigenvalue weighted by atomic mass is 10.1. The summed E-state index contributed by atoms with van der Waals surface area (Å²) < 4.78 is 31.4. The molecule has 0 aromatic heterocycles. The summed E-state index contributed by atoms with van der Waals surface area (Å²) in [5.41, 5.74) is 0.992. The molecule has 5 nitrogen and oxygen atoms in total. The molecule has 1 unspecified atom stereocenters. The standard InChI is InChI=1S/C15H26N2O3S/c1-5-15(16-2)13-8-6-9-14(12-13)21(18,19)17(3)10-7-11-20-4/h6,8-9,12,15-16H,5,7,10-11H2,1-4H3. The fourth-order valence-electron chi connectivity index (χ4n) is 2.23. The molecule has 0 heterocycles. The smallest absolute Gasteiger partial charge is 0.242 e. The molecule has 1 atom stereocenters. The van der Waals surface area contributed by atoms with Gasteiger partial charge in [-0.05, 0) is 37.6 Å². The maximum atomic E-state index is 12.5. The molecule has 0 bridgehead atoms. The molecule has 1 aromatic rings. The van der Waals surface area contributed by atoms with Crippen molar-refractivity contribution in [3.8, 4) is 0 Å². The third kappa shape index (κ3) is 4.78. The molecule has 6 heteroatoms. The highest BCUT2D eigenvalue weighted by atomic mass is 32.2. The molecular weight excluding hydrogens is 288 g/mol. The van der Waals surface area contributed by atoms with Gasteiger partial charge in [-0.15, -0.1) is 0 Å². The van der Waals surface area contributed by atoms with E-state index in [0.717, 1.165) is 12.0 Å². The summed E-state index contributed by atoms with van der Waals surface area (Å²) >= 11 is 0. The highest BCUT2D eigenvalue weighted by Crippen LogP contribution is 2.21. The molecule has 0 saturated carbocycles. The Balaban J connectivity index is 2.95. The van der Waals surface area contributed by atoms with Crippen molar-refractivity contribution in [3.63, 3.8) is 0 Å². The minimum atomic E-state index is -3.44. The van der Waals surface area contributed by atoms with E-state index in [9.17, 15) is 8.42 Å². The molecule has 21 heavy (non-hydrogen) atoms. The van der Waals surface area contributed by atoms with E-state index < -0.39 is 10.0 Å². The van der Waals surface area contributed by atoms with E-state index in [0.29, 0.717) is 24.5 Å². The van der Waals surface area contributed by atoms with Crippen LogP contribution in [0, 0.1) is 0 Å². The monoisotopic (exact) mass is 314 g/mol. The third-order valence-electron chi connectivity index (χ3n) is 3.55. The number of hydrogen-bond acceptors (Lipinski definition) is 4. The lowest BCUT2D eigenvalue weighted by Gasteiger charge is -2.19. The quantitative estimate of drug-likeness (QED) is 0.709. The second-order valence-corrected chi connectivity index (χ2v) is 7.04. The van der Waals surface area contributed by atoms with Gasteiger partial charge in [-0.1, -0.05) is 19.1 Å². The molecule has 0 amide bonds. The van der Waals surface area contributed by atoms with Crippen molar-refractivity contribution in [2.24, 2.45) is 0 Å². The fourth-order valence-corrected chi connectivity index (χ4v) is 3.49. The highest BCUT2D eigenvalue weighted by molar-refractivity contribution is 7.89. The number of nitrogens with zero attached hydrogens (tertiary/aromatic N) is 1. The van der Waals surface area contributed by atoms with Crippen LogP contribution in [0.1, 0.15) is 31.4 Å². The predicted octanol–water partition coefficient (Wildman–Crippen LogP) is 2.01. The third-order valence-corrected chi connectivity index (χ3v) is 5.40. The van der Waals surface area contributed by atoms with Crippen LogP contribution in [0.3, 0.4) is 0 Å².